The van der Waals surface area contributed by atoms with Crippen LogP contribution in [0.25, 0.3) is 0 Å². The van der Waals surface area contributed by atoms with Gasteiger partial charge in [-0.05, 0) is 44.2 Å². The van der Waals surface area contributed by atoms with Gasteiger partial charge in [0.1, 0.15) is 11.9 Å². The van der Waals surface area contributed by atoms with Crippen LogP contribution in [0.3, 0.4) is 0 Å². The number of aryl methyl sites for hydroxylation is 2. The predicted octanol–water partition coefficient (Wildman–Crippen LogP) is 2.67. The number of rotatable bonds is 6. The number of benzene rings is 1. The molecule has 0 bridgehead atoms. The van der Waals surface area contributed by atoms with Crippen LogP contribution in [0.4, 0.5) is 0 Å². The number of nitrogens with one attached hydrogen (secondary N) is 1. The number of piperidine rings is 1. The molecule has 1 heterocycles. The standard InChI is InChI=1S/C18H28N2O2/c1-4-10-19-17(21)13-20-11-8-16(9-12-20)22-18-14(2)6-5-7-15(18)3/h5-7,16H,4,8-13H2,1-3H3,(H,19,21). The highest BCUT2D eigenvalue weighted by Crippen LogP contribution is 2.26. The molecule has 1 aliphatic rings. The fourth-order valence-corrected chi connectivity index (χ4v) is 2.86. The number of hydrogen-bond donors (Lipinski definition) is 1. The van der Waals surface area contributed by atoms with Crippen molar-refractivity contribution in [1.82, 2.24) is 10.2 Å². The monoisotopic (exact) mass is 304 g/mol. The summed E-state index contributed by atoms with van der Waals surface area (Å²) in [5.41, 5.74) is 2.39. The van der Waals surface area contributed by atoms with E-state index in [9.17, 15) is 4.79 Å². The third-order valence-electron chi connectivity index (χ3n) is 4.17. The molecule has 0 unspecified atom stereocenters. The Morgan fingerprint density at radius 3 is 2.50 bits per heavy atom. The topological polar surface area (TPSA) is 41.6 Å². The molecule has 1 aromatic rings. The van der Waals surface area contributed by atoms with Gasteiger partial charge in [0, 0.05) is 19.6 Å². The van der Waals surface area contributed by atoms with Crippen molar-refractivity contribution in [2.24, 2.45) is 0 Å². The molecule has 1 amide bonds. The zero-order valence-electron chi connectivity index (χ0n) is 14.0. The highest BCUT2D eigenvalue weighted by molar-refractivity contribution is 5.77. The lowest BCUT2D eigenvalue weighted by molar-refractivity contribution is -0.122. The van der Waals surface area contributed by atoms with Gasteiger partial charge in [-0.1, -0.05) is 25.1 Å². The molecule has 0 radical (unpaired) electrons. The van der Waals surface area contributed by atoms with Crippen LogP contribution in [-0.4, -0.2) is 43.1 Å². The second-order valence-electron chi connectivity index (χ2n) is 6.16. The molecule has 1 fully saturated rings. The van der Waals surface area contributed by atoms with Gasteiger partial charge in [-0.15, -0.1) is 0 Å². The van der Waals surface area contributed by atoms with Gasteiger partial charge in [0.2, 0.25) is 5.91 Å². The molecule has 1 aliphatic heterocycles. The maximum absolute atomic E-state index is 11.7. The Morgan fingerprint density at radius 1 is 1.27 bits per heavy atom. The fourth-order valence-electron chi connectivity index (χ4n) is 2.86. The van der Waals surface area contributed by atoms with E-state index < -0.39 is 0 Å². The lowest BCUT2D eigenvalue weighted by atomic mass is 10.1. The quantitative estimate of drug-likeness (QED) is 0.878. The van der Waals surface area contributed by atoms with Gasteiger partial charge in [0.05, 0.1) is 6.54 Å². The fraction of sp³-hybridized carbons (Fsp3) is 0.611. The maximum atomic E-state index is 11.7. The number of ether oxygens (including phenoxy) is 1. The number of para-hydroxylation sites is 1. The first kappa shape index (κ1) is 16.8. The minimum atomic E-state index is 0.135. The van der Waals surface area contributed by atoms with E-state index >= 15 is 0 Å². The van der Waals surface area contributed by atoms with Gasteiger partial charge < -0.3 is 10.1 Å². The first-order chi connectivity index (χ1) is 10.6. The minimum absolute atomic E-state index is 0.135. The zero-order valence-corrected chi connectivity index (χ0v) is 14.0. The Kier molecular flexibility index (Phi) is 6.25. The smallest absolute Gasteiger partial charge is 0.234 e. The normalized spacial score (nSPS) is 16.5. The van der Waals surface area contributed by atoms with E-state index in [2.05, 4.69) is 49.2 Å². The average molecular weight is 304 g/mol. The van der Waals surface area contributed by atoms with Crippen LogP contribution in [0.15, 0.2) is 18.2 Å². The summed E-state index contributed by atoms with van der Waals surface area (Å²) < 4.78 is 6.21. The van der Waals surface area contributed by atoms with Crippen LogP contribution in [0.1, 0.15) is 37.3 Å². The van der Waals surface area contributed by atoms with Crippen molar-refractivity contribution in [2.45, 2.75) is 46.1 Å². The first-order valence-electron chi connectivity index (χ1n) is 8.32. The number of nitrogens with zero attached hydrogens (tertiary/aromatic N) is 1. The number of carbonyl (C=O) groups excluding carboxylic acids is 1. The lowest BCUT2D eigenvalue weighted by Gasteiger charge is -2.32. The number of likely N-dealkylation sites (tertiary alicyclic amines) is 1. The second-order valence-corrected chi connectivity index (χ2v) is 6.16. The number of carbonyl (C=O) groups is 1. The van der Waals surface area contributed by atoms with Crippen molar-refractivity contribution in [2.75, 3.05) is 26.2 Å². The maximum Gasteiger partial charge on any atom is 0.234 e. The van der Waals surface area contributed by atoms with Crippen molar-refractivity contribution in [3.63, 3.8) is 0 Å². The molecule has 1 saturated heterocycles. The lowest BCUT2D eigenvalue weighted by Crippen LogP contribution is -2.43. The van der Waals surface area contributed by atoms with E-state index in [1.54, 1.807) is 0 Å². The van der Waals surface area contributed by atoms with Crippen molar-refractivity contribution < 1.29 is 9.53 Å². The van der Waals surface area contributed by atoms with Crippen LogP contribution < -0.4 is 10.1 Å². The largest absolute Gasteiger partial charge is 0.490 e. The van der Waals surface area contributed by atoms with Crippen LogP contribution in [0.5, 0.6) is 5.75 Å². The molecule has 0 saturated carbocycles. The molecule has 122 valence electrons. The van der Waals surface area contributed by atoms with E-state index in [4.69, 9.17) is 4.74 Å². The van der Waals surface area contributed by atoms with Crippen LogP contribution in [0, 0.1) is 13.8 Å². The van der Waals surface area contributed by atoms with E-state index in [1.807, 2.05) is 0 Å². The summed E-state index contributed by atoms with van der Waals surface area (Å²) in [6.07, 6.45) is 3.20. The SMILES string of the molecule is CCCNC(=O)CN1CCC(Oc2c(C)cccc2C)CC1. The molecule has 0 aromatic heterocycles. The summed E-state index contributed by atoms with van der Waals surface area (Å²) in [6, 6.07) is 6.25. The van der Waals surface area contributed by atoms with Gasteiger partial charge in [-0.25, -0.2) is 0 Å². The van der Waals surface area contributed by atoms with Crippen LogP contribution in [0.2, 0.25) is 0 Å². The van der Waals surface area contributed by atoms with Crippen molar-refractivity contribution in [1.29, 1.82) is 0 Å². The highest BCUT2D eigenvalue weighted by Gasteiger charge is 2.22. The van der Waals surface area contributed by atoms with Crippen LogP contribution in [-0.2, 0) is 4.79 Å². The average Bonchev–Trinajstić information content (AvgIpc) is 2.51. The molecule has 1 aromatic carbocycles. The van der Waals surface area contributed by atoms with Gasteiger partial charge >= 0.3 is 0 Å². The van der Waals surface area contributed by atoms with Gasteiger partial charge in [0.25, 0.3) is 0 Å². The number of amides is 1. The van der Waals surface area contributed by atoms with Crippen LogP contribution >= 0.6 is 0 Å². The predicted molar refractivity (Wildman–Crippen MR) is 89.3 cm³/mol. The summed E-state index contributed by atoms with van der Waals surface area (Å²) in [6.45, 7) is 9.38. The van der Waals surface area contributed by atoms with Crippen molar-refractivity contribution in [3.8, 4) is 5.75 Å². The van der Waals surface area contributed by atoms with E-state index in [1.165, 1.54) is 11.1 Å². The van der Waals surface area contributed by atoms with E-state index in [0.29, 0.717) is 6.54 Å². The Bertz CT molecular complexity index is 474. The summed E-state index contributed by atoms with van der Waals surface area (Å²) >= 11 is 0. The molecule has 0 aliphatic carbocycles. The van der Waals surface area contributed by atoms with Crippen molar-refractivity contribution in [3.05, 3.63) is 29.3 Å². The molecular weight excluding hydrogens is 276 g/mol. The Hall–Kier alpha value is -1.55. The summed E-state index contributed by atoms with van der Waals surface area (Å²) in [7, 11) is 0. The minimum Gasteiger partial charge on any atom is -0.490 e. The number of hydrogen-bond acceptors (Lipinski definition) is 3. The molecule has 0 atom stereocenters. The molecule has 0 spiro atoms. The van der Waals surface area contributed by atoms with Gasteiger partial charge in [-0.3, -0.25) is 9.69 Å². The van der Waals surface area contributed by atoms with E-state index in [0.717, 1.165) is 44.6 Å². The van der Waals surface area contributed by atoms with Crippen molar-refractivity contribution >= 4 is 5.91 Å². The zero-order chi connectivity index (χ0) is 15.9. The Balaban J connectivity index is 1.79. The molecule has 1 N–H and O–H groups in total. The summed E-state index contributed by atoms with van der Waals surface area (Å²) in [5.74, 6) is 1.16. The second kappa shape index (κ2) is 8.18. The molecular formula is C18H28N2O2. The van der Waals surface area contributed by atoms with Gasteiger partial charge in [-0.2, -0.15) is 0 Å². The Morgan fingerprint density at radius 2 is 1.91 bits per heavy atom. The Labute approximate surface area is 133 Å². The third-order valence-corrected chi connectivity index (χ3v) is 4.17. The summed E-state index contributed by atoms with van der Waals surface area (Å²) in [4.78, 5) is 14.0. The molecule has 4 nitrogen and oxygen atoms in total. The highest BCUT2D eigenvalue weighted by atomic mass is 16.5. The molecule has 22 heavy (non-hydrogen) atoms. The molecule has 4 heteroatoms. The third kappa shape index (κ3) is 4.73. The first-order valence-corrected chi connectivity index (χ1v) is 8.32. The summed E-state index contributed by atoms with van der Waals surface area (Å²) in [5, 5.41) is 2.93. The molecule has 2 rings (SSSR count). The van der Waals surface area contributed by atoms with E-state index in [-0.39, 0.29) is 12.0 Å². The van der Waals surface area contributed by atoms with Gasteiger partial charge in [0.15, 0.2) is 0 Å².